The zero-order valence-corrected chi connectivity index (χ0v) is 19.9. The number of fused-ring (bicyclic) bond motifs is 1. The zero-order valence-electron chi connectivity index (χ0n) is 19.1. The first kappa shape index (κ1) is 23.3. The SMILES string of the molecule is CC(N)CCN(C(=O)[C@@H]1C[C@@H]2CCCC[C@@H]2CN1C1=CCC(=S)C=C1O)C(C)(C)C. The van der Waals surface area contributed by atoms with E-state index in [0.29, 0.717) is 24.8 Å². The van der Waals surface area contributed by atoms with Gasteiger partial charge in [0.25, 0.3) is 0 Å². The van der Waals surface area contributed by atoms with Crippen LogP contribution in [-0.2, 0) is 4.79 Å². The molecular formula is C24H39N3O2S. The monoisotopic (exact) mass is 433 g/mol. The molecule has 5 nitrogen and oxygen atoms in total. The lowest BCUT2D eigenvalue weighted by molar-refractivity contribution is -0.144. The van der Waals surface area contributed by atoms with Gasteiger partial charge >= 0.3 is 0 Å². The minimum Gasteiger partial charge on any atom is -0.506 e. The van der Waals surface area contributed by atoms with Crippen molar-refractivity contribution in [1.82, 2.24) is 9.80 Å². The highest BCUT2D eigenvalue weighted by Crippen LogP contribution is 2.41. The number of aliphatic hydroxyl groups excluding tert-OH is 1. The summed E-state index contributed by atoms with van der Waals surface area (Å²) in [5, 5.41) is 10.7. The molecule has 0 aromatic carbocycles. The molecule has 1 saturated carbocycles. The fourth-order valence-electron chi connectivity index (χ4n) is 5.27. The quantitative estimate of drug-likeness (QED) is 0.632. The van der Waals surface area contributed by atoms with Crippen LogP contribution in [0.1, 0.15) is 72.6 Å². The highest BCUT2D eigenvalue weighted by Gasteiger charge is 2.44. The predicted octanol–water partition coefficient (Wildman–Crippen LogP) is 4.33. The third-order valence-corrected chi connectivity index (χ3v) is 7.22. The number of hydrogen-bond acceptors (Lipinski definition) is 5. The Bertz CT molecular complexity index is 722. The van der Waals surface area contributed by atoms with Gasteiger partial charge in [0.2, 0.25) is 5.91 Å². The topological polar surface area (TPSA) is 69.8 Å². The normalized spacial score (nSPS) is 28.4. The van der Waals surface area contributed by atoms with Crippen molar-refractivity contribution in [2.45, 2.75) is 90.3 Å². The van der Waals surface area contributed by atoms with Crippen molar-refractivity contribution in [3.63, 3.8) is 0 Å². The van der Waals surface area contributed by atoms with Crippen molar-refractivity contribution in [1.29, 1.82) is 0 Å². The number of carbonyl (C=O) groups is 1. The Morgan fingerprint density at radius 2 is 2.00 bits per heavy atom. The van der Waals surface area contributed by atoms with E-state index in [9.17, 15) is 9.90 Å². The van der Waals surface area contributed by atoms with E-state index in [1.807, 2.05) is 17.9 Å². The van der Waals surface area contributed by atoms with Gasteiger partial charge in [-0.15, -0.1) is 0 Å². The lowest BCUT2D eigenvalue weighted by Gasteiger charge is -2.50. The number of thiocarbonyl (C=S) groups is 1. The van der Waals surface area contributed by atoms with Crippen LogP contribution >= 0.6 is 12.2 Å². The summed E-state index contributed by atoms with van der Waals surface area (Å²) in [6.45, 7) is 9.77. The van der Waals surface area contributed by atoms with Gasteiger partial charge in [-0.1, -0.05) is 37.6 Å². The number of allylic oxidation sites excluding steroid dienone is 2. The van der Waals surface area contributed by atoms with Crippen molar-refractivity contribution in [2.75, 3.05) is 13.1 Å². The Morgan fingerprint density at radius 3 is 2.60 bits per heavy atom. The summed E-state index contributed by atoms with van der Waals surface area (Å²) in [5.74, 6) is 1.55. The molecule has 0 bridgehead atoms. The minimum absolute atomic E-state index is 0.0573. The zero-order chi connectivity index (χ0) is 22.1. The molecule has 2 aliphatic carbocycles. The summed E-state index contributed by atoms with van der Waals surface area (Å²) < 4.78 is 0. The highest BCUT2D eigenvalue weighted by atomic mass is 32.1. The van der Waals surface area contributed by atoms with E-state index in [1.165, 1.54) is 25.7 Å². The minimum atomic E-state index is -0.276. The van der Waals surface area contributed by atoms with Gasteiger partial charge in [-0.05, 0) is 64.9 Å². The first-order valence-corrected chi connectivity index (χ1v) is 12.0. The van der Waals surface area contributed by atoms with E-state index in [4.69, 9.17) is 18.0 Å². The smallest absolute Gasteiger partial charge is 0.245 e. The molecular weight excluding hydrogens is 394 g/mol. The largest absolute Gasteiger partial charge is 0.506 e. The molecule has 3 aliphatic rings. The maximum Gasteiger partial charge on any atom is 0.245 e. The van der Waals surface area contributed by atoms with Crippen molar-refractivity contribution in [3.8, 4) is 0 Å². The van der Waals surface area contributed by atoms with Gasteiger partial charge < -0.3 is 20.6 Å². The van der Waals surface area contributed by atoms with E-state index in [1.54, 1.807) is 6.08 Å². The molecule has 1 unspecified atom stereocenters. The van der Waals surface area contributed by atoms with Crippen LogP contribution in [0, 0.1) is 11.8 Å². The standard InChI is InChI=1S/C24H39N3O2S/c1-16(25)11-12-27(24(2,3)4)23(29)21-13-17-7-5-6-8-18(17)15-26(21)20-10-9-19(30)14-22(20)28/h10,14,16-18,21,28H,5-9,11-13,15,25H2,1-4H3/t16?,17-,18+,21-/m0/s1. The summed E-state index contributed by atoms with van der Waals surface area (Å²) in [6, 6.07) is -0.188. The number of piperidine rings is 1. The summed E-state index contributed by atoms with van der Waals surface area (Å²) in [7, 11) is 0. The first-order valence-electron chi connectivity index (χ1n) is 11.6. The van der Waals surface area contributed by atoms with Crippen LogP contribution < -0.4 is 5.73 Å². The van der Waals surface area contributed by atoms with E-state index in [0.717, 1.165) is 29.9 Å². The average molecular weight is 434 g/mol. The van der Waals surface area contributed by atoms with Crippen LogP contribution in [0.25, 0.3) is 0 Å². The fraction of sp³-hybridized carbons (Fsp3) is 0.750. The molecule has 1 heterocycles. The molecule has 0 aromatic rings. The lowest BCUT2D eigenvalue weighted by Crippen LogP contribution is -2.59. The second-order valence-electron chi connectivity index (χ2n) is 10.4. The Morgan fingerprint density at radius 1 is 1.33 bits per heavy atom. The molecule has 0 spiro atoms. The number of hydrogen-bond donors (Lipinski definition) is 2. The molecule has 3 rings (SSSR count). The molecule has 1 aliphatic heterocycles. The number of carbonyl (C=O) groups excluding carboxylic acids is 1. The number of rotatable bonds is 5. The van der Waals surface area contributed by atoms with Gasteiger partial charge in [0.15, 0.2) is 0 Å². The van der Waals surface area contributed by atoms with Crippen molar-refractivity contribution < 1.29 is 9.90 Å². The third kappa shape index (κ3) is 5.25. The van der Waals surface area contributed by atoms with Gasteiger partial charge in [-0.2, -0.15) is 0 Å². The van der Waals surface area contributed by atoms with Crippen LogP contribution in [0.2, 0.25) is 0 Å². The van der Waals surface area contributed by atoms with E-state index < -0.39 is 0 Å². The van der Waals surface area contributed by atoms with Crippen molar-refractivity contribution in [2.24, 2.45) is 17.6 Å². The number of aliphatic hydroxyl groups is 1. The molecule has 30 heavy (non-hydrogen) atoms. The van der Waals surface area contributed by atoms with E-state index in [2.05, 4.69) is 25.7 Å². The van der Waals surface area contributed by atoms with Crippen molar-refractivity contribution >= 4 is 23.0 Å². The summed E-state index contributed by atoms with van der Waals surface area (Å²) in [4.78, 5) is 18.9. The van der Waals surface area contributed by atoms with Gasteiger partial charge in [0.1, 0.15) is 11.8 Å². The Kier molecular flexibility index (Phi) is 7.28. The molecule has 0 radical (unpaired) electrons. The number of likely N-dealkylation sites (tertiary alicyclic amines) is 1. The Hall–Kier alpha value is -1.40. The van der Waals surface area contributed by atoms with Crippen LogP contribution in [0.15, 0.2) is 23.6 Å². The number of nitrogens with zero attached hydrogens (tertiary/aromatic N) is 2. The van der Waals surface area contributed by atoms with Gasteiger partial charge in [-0.3, -0.25) is 4.79 Å². The van der Waals surface area contributed by atoms with Gasteiger partial charge in [0, 0.05) is 36.0 Å². The molecule has 6 heteroatoms. The first-order chi connectivity index (χ1) is 14.1. The molecule has 3 N–H and O–H groups in total. The predicted molar refractivity (Wildman–Crippen MR) is 126 cm³/mol. The molecule has 168 valence electrons. The van der Waals surface area contributed by atoms with Crippen LogP contribution in [0.3, 0.4) is 0 Å². The number of amides is 1. The van der Waals surface area contributed by atoms with Crippen molar-refractivity contribution in [3.05, 3.63) is 23.6 Å². The lowest BCUT2D eigenvalue weighted by atomic mass is 9.72. The molecule has 0 aromatic heterocycles. The van der Waals surface area contributed by atoms with Crippen LogP contribution in [0.4, 0.5) is 0 Å². The molecule has 1 saturated heterocycles. The maximum absolute atomic E-state index is 13.9. The van der Waals surface area contributed by atoms with Gasteiger partial charge in [-0.25, -0.2) is 0 Å². The van der Waals surface area contributed by atoms with E-state index in [-0.39, 0.29) is 29.3 Å². The Labute approximate surface area is 187 Å². The third-order valence-electron chi connectivity index (χ3n) is 6.93. The highest BCUT2D eigenvalue weighted by molar-refractivity contribution is 7.80. The van der Waals surface area contributed by atoms with Crippen LogP contribution in [-0.4, -0.2) is 56.4 Å². The maximum atomic E-state index is 13.9. The molecule has 4 atom stereocenters. The number of nitrogens with two attached hydrogens (primary N) is 1. The molecule has 1 amide bonds. The second kappa shape index (κ2) is 9.39. The average Bonchev–Trinajstić information content (AvgIpc) is 2.65. The van der Waals surface area contributed by atoms with Crippen LogP contribution in [0.5, 0.6) is 0 Å². The Balaban J connectivity index is 1.91. The molecule has 2 fully saturated rings. The summed E-state index contributed by atoms with van der Waals surface area (Å²) in [6.07, 6.45) is 10.9. The van der Waals surface area contributed by atoms with Gasteiger partial charge in [0.05, 0.1) is 5.70 Å². The van der Waals surface area contributed by atoms with E-state index >= 15 is 0 Å². The summed E-state index contributed by atoms with van der Waals surface area (Å²) in [5.41, 5.74) is 6.52. The fourth-order valence-corrected chi connectivity index (χ4v) is 5.46. The summed E-state index contributed by atoms with van der Waals surface area (Å²) >= 11 is 5.27. The second-order valence-corrected chi connectivity index (χ2v) is 10.9.